The molecule has 0 saturated carbocycles. The Balaban J connectivity index is 2.99. The molecule has 1 saturated heterocycles. The second-order valence-electron chi connectivity index (χ2n) is 6.85. The number of hydrazine groups is 3. The van der Waals surface area contributed by atoms with Gasteiger partial charge in [-0.15, -0.1) is 0 Å². The fourth-order valence-electron chi connectivity index (χ4n) is 3.12. The van der Waals surface area contributed by atoms with E-state index in [-0.39, 0.29) is 50.9 Å². The predicted octanol–water partition coefficient (Wildman–Crippen LogP) is -0.560. The molecule has 6 N–H and O–H groups in total. The second kappa shape index (κ2) is 12.2. The van der Waals surface area contributed by atoms with Crippen molar-refractivity contribution in [3.05, 3.63) is 0 Å². The Morgan fingerprint density at radius 1 is 0.714 bits per heavy atom. The van der Waals surface area contributed by atoms with Crippen LogP contribution in [0.2, 0.25) is 0 Å². The van der Waals surface area contributed by atoms with Gasteiger partial charge in [-0.1, -0.05) is 0 Å². The number of nitrogens with one attached hydrogen (secondary N) is 2. The Morgan fingerprint density at radius 2 is 1.11 bits per heavy atom. The average molecular weight is 408 g/mol. The Bertz CT molecular complexity index is 513. The lowest BCUT2D eigenvalue weighted by atomic mass is 9.88. The highest BCUT2D eigenvalue weighted by molar-refractivity contribution is 5.69. The zero-order valence-corrected chi connectivity index (χ0v) is 15.4. The van der Waals surface area contributed by atoms with Gasteiger partial charge in [0.15, 0.2) is 0 Å². The molecule has 12 heteroatoms. The van der Waals surface area contributed by atoms with Crippen molar-refractivity contribution in [2.24, 2.45) is 11.8 Å². The molecule has 1 fully saturated rings. The average Bonchev–Trinajstić information content (AvgIpc) is 2.79. The summed E-state index contributed by atoms with van der Waals surface area (Å²) >= 11 is 0. The monoisotopic (exact) mass is 408 g/mol. The first-order valence-corrected chi connectivity index (χ1v) is 8.96. The number of hydrogen-bond acceptors (Lipinski definition) is 12. The van der Waals surface area contributed by atoms with Gasteiger partial charge < -0.3 is 20.4 Å². The van der Waals surface area contributed by atoms with Crippen molar-refractivity contribution in [3.63, 3.8) is 0 Å². The van der Waals surface area contributed by atoms with Gasteiger partial charge in [0.25, 0.3) is 5.72 Å². The smallest absolute Gasteiger partial charge is 0.319 e. The standard InChI is InChI=1S/C16H28N4O8/c21-13(22)7-11-1-2-12(8-14(23)24)4-6-20(10-16(27)28)18-17-19(5-3-11)9-15(25)26/h11-12,17-18H,1-10H2,(H,21,22)(H,23,24)(H,25,26)(H,27,28)/i/hD4. The maximum Gasteiger partial charge on any atom is 0.319 e. The molecule has 12 nitrogen and oxygen atoms in total. The van der Waals surface area contributed by atoms with E-state index >= 15 is 0 Å². The van der Waals surface area contributed by atoms with E-state index in [1.807, 2.05) is 0 Å². The summed E-state index contributed by atoms with van der Waals surface area (Å²) in [6, 6.07) is 0. The molecule has 0 radical (unpaired) electrons. The second-order valence-corrected chi connectivity index (χ2v) is 6.85. The van der Waals surface area contributed by atoms with Crippen LogP contribution in [0.1, 0.15) is 38.5 Å². The predicted molar refractivity (Wildman–Crippen MR) is 94.6 cm³/mol. The van der Waals surface area contributed by atoms with Gasteiger partial charge in [-0.05, 0) is 37.5 Å². The number of carboxylic acid groups (broad SMARTS) is 4. The van der Waals surface area contributed by atoms with Gasteiger partial charge in [0.05, 0.1) is 0 Å². The Labute approximate surface area is 168 Å². The van der Waals surface area contributed by atoms with Crippen LogP contribution in [0.3, 0.4) is 0 Å². The number of nitrogens with zero attached hydrogens (tertiary/aromatic N) is 2. The van der Waals surface area contributed by atoms with Crippen LogP contribution in [-0.2, 0) is 19.2 Å². The third-order valence-electron chi connectivity index (χ3n) is 4.51. The minimum Gasteiger partial charge on any atom is -0.481 e. The molecule has 160 valence electrons. The summed E-state index contributed by atoms with van der Waals surface area (Å²) in [5, 5.41) is 18.7. The van der Waals surface area contributed by atoms with Crippen molar-refractivity contribution in [2.75, 3.05) is 26.2 Å². The van der Waals surface area contributed by atoms with Crippen LogP contribution in [0, 0.1) is 11.8 Å². The molecule has 28 heavy (non-hydrogen) atoms. The van der Waals surface area contributed by atoms with E-state index in [1.54, 1.807) is 0 Å². The highest BCUT2D eigenvalue weighted by Gasteiger charge is 2.23. The number of hydrogen-bond donors (Lipinski definition) is 6. The molecular formula is C16H28N4O8. The zero-order chi connectivity index (χ0) is 23.9. The first kappa shape index (κ1) is 17.8. The first-order chi connectivity index (χ1) is 15.3. The summed E-state index contributed by atoms with van der Waals surface area (Å²) in [6.07, 6.45) is 1.68. The maximum absolute atomic E-state index is 11.6. The van der Waals surface area contributed by atoms with E-state index in [9.17, 15) is 19.2 Å². The quantitative estimate of drug-likeness (QED) is 0.302. The summed E-state index contributed by atoms with van der Waals surface area (Å²) in [5.74, 6) is -3.58. The summed E-state index contributed by atoms with van der Waals surface area (Å²) in [5.41, 5.74) is 5.44. The molecular weight excluding hydrogens is 376 g/mol. The molecule has 1 rings (SSSR count). The summed E-state index contributed by atoms with van der Waals surface area (Å²) in [7, 11) is 0. The molecule has 0 spiro atoms. The molecule has 0 aromatic rings. The van der Waals surface area contributed by atoms with Crippen molar-refractivity contribution in [3.8, 4) is 0 Å². The zero-order valence-electron chi connectivity index (χ0n) is 19.4. The fraction of sp³-hybridized carbons (Fsp3) is 0.750. The van der Waals surface area contributed by atoms with Crippen LogP contribution in [0.15, 0.2) is 0 Å². The minimum absolute atomic E-state index is 0.0370. The van der Waals surface area contributed by atoms with Crippen molar-refractivity contribution >= 4 is 23.9 Å². The Kier molecular flexibility index (Phi) is 7.77. The molecule has 1 aliphatic rings. The topological polar surface area (TPSA) is 180 Å². The molecule has 1 aliphatic heterocycles. The van der Waals surface area contributed by atoms with Gasteiger partial charge in [-0.25, -0.2) is 10.0 Å². The van der Waals surface area contributed by atoms with Gasteiger partial charge in [0.2, 0.25) is 0 Å². The van der Waals surface area contributed by atoms with Crippen LogP contribution in [0.4, 0.5) is 0 Å². The van der Waals surface area contributed by atoms with Gasteiger partial charge >= 0.3 is 23.9 Å². The summed E-state index contributed by atoms with van der Waals surface area (Å²) in [4.78, 5) is 46.4. The van der Waals surface area contributed by atoms with Gasteiger partial charge in [-0.3, -0.25) is 19.2 Å². The molecule has 0 aliphatic carbocycles. The molecule has 2 unspecified atom stereocenters. The van der Waals surface area contributed by atoms with Crippen LogP contribution in [-0.4, -0.2) is 80.5 Å². The fourth-order valence-corrected chi connectivity index (χ4v) is 3.12. The lowest BCUT2D eigenvalue weighted by Gasteiger charge is -2.31. The lowest BCUT2D eigenvalue weighted by Crippen LogP contribution is -2.57. The van der Waals surface area contributed by atoms with Crippen LogP contribution in [0.5, 0.6) is 0 Å². The third kappa shape index (κ3) is 10.8. The van der Waals surface area contributed by atoms with Crippen molar-refractivity contribution in [1.29, 1.82) is 5.72 Å². The highest BCUT2D eigenvalue weighted by Crippen LogP contribution is 2.24. The van der Waals surface area contributed by atoms with Crippen LogP contribution >= 0.6 is 0 Å². The van der Waals surface area contributed by atoms with Crippen molar-refractivity contribution in [2.45, 2.75) is 38.5 Å². The van der Waals surface area contributed by atoms with E-state index in [0.717, 1.165) is 0 Å². The van der Waals surface area contributed by atoms with E-state index in [4.69, 9.17) is 5.72 Å². The van der Waals surface area contributed by atoms with Gasteiger partial charge in [0.1, 0.15) is 13.1 Å². The summed E-state index contributed by atoms with van der Waals surface area (Å²) < 4.78 is 27.0. The van der Waals surface area contributed by atoms with Gasteiger partial charge in [-0.2, -0.15) is 11.1 Å². The van der Waals surface area contributed by atoms with E-state index in [1.165, 1.54) is 10.0 Å². The van der Waals surface area contributed by atoms with E-state index in [2.05, 4.69) is 31.5 Å². The van der Waals surface area contributed by atoms with Crippen LogP contribution < -0.4 is 11.1 Å². The van der Waals surface area contributed by atoms with E-state index < -0.39 is 23.9 Å². The Hall–Kier alpha value is -2.28. The molecule has 1 heterocycles. The highest BCUT2D eigenvalue weighted by atomic mass is 16.4. The largest absolute Gasteiger partial charge is 0.481 e. The number of carbonyl (C=O) groups is 4. The number of aliphatic carboxylic acids is 4. The van der Waals surface area contributed by atoms with Crippen molar-refractivity contribution < 1.29 is 39.6 Å². The van der Waals surface area contributed by atoms with E-state index in [0.29, 0.717) is 25.7 Å². The van der Waals surface area contributed by atoms with Crippen LogP contribution in [0.25, 0.3) is 5.72 Å². The third-order valence-corrected chi connectivity index (χ3v) is 4.51. The van der Waals surface area contributed by atoms with Gasteiger partial charge in [0, 0.05) is 25.9 Å². The number of carboxylic acids is 4. The first-order valence-electron chi connectivity index (χ1n) is 10.6. The number of rotatable bonds is 8. The normalized spacial score (nSPS) is 24.7. The molecule has 0 aromatic heterocycles. The summed E-state index contributed by atoms with van der Waals surface area (Å²) in [6.45, 7) is -0.204. The van der Waals surface area contributed by atoms with Crippen molar-refractivity contribution in [1.82, 2.24) is 21.1 Å². The Morgan fingerprint density at radius 3 is 1.46 bits per heavy atom. The maximum atomic E-state index is 11.6. The minimum atomic E-state index is -0.848. The molecule has 2 atom stereocenters. The lowest BCUT2D eigenvalue weighted by molar-refractivity contribution is -0.143. The SMILES string of the molecule is [2H]OC(=O)CC1CCC(CC(=O)O[2H])CCN(CC(=O)O[2H])NNN(CC(=O)O[2H])CC1. The molecule has 0 aromatic carbocycles. The molecule has 0 amide bonds. The molecule has 0 bridgehead atoms.